The summed E-state index contributed by atoms with van der Waals surface area (Å²) in [7, 11) is 0. The first kappa shape index (κ1) is 42.6. The van der Waals surface area contributed by atoms with E-state index in [1.165, 1.54) is 0 Å². The number of hydrogen-bond acceptors (Lipinski definition) is 8. The highest BCUT2D eigenvalue weighted by Gasteiger charge is 2.34. The lowest BCUT2D eigenvalue weighted by atomic mass is 9.95. The minimum Gasteiger partial charge on any atom is -0.378 e. The van der Waals surface area contributed by atoms with E-state index < -0.39 is 5.54 Å². The van der Waals surface area contributed by atoms with Crippen molar-refractivity contribution >= 4 is 29.0 Å². The van der Waals surface area contributed by atoms with Crippen LogP contribution in [0.15, 0.2) is 48.5 Å². The van der Waals surface area contributed by atoms with E-state index in [9.17, 15) is 24.0 Å². The van der Waals surface area contributed by atoms with Gasteiger partial charge in [0.2, 0.25) is 0 Å². The molecular formula is C41H61NO8. The van der Waals surface area contributed by atoms with Crippen molar-refractivity contribution in [3.05, 3.63) is 59.7 Å². The molecular weight excluding hydrogens is 634 g/mol. The fourth-order valence-electron chi connectivity index (χ4n) is 5.03. The smallest absolute Gasteiger partial charge is 0.251 e. The number of ether oxygens (including phenoxy) is 3. The normalized spacial score (nSPS) is 12.9. The van der Waals surface area contributed by atoms with Gasteiger partial charge in [0.15, 0.2) is 5.78 Å². The summed E-state index contributed by atoms with van der Waals surface area (Å²) < 4.78 is 18.0. The lowest BCUT2D eigenvalue weighted by molar-refractivity contribution is -0.124. The van der Waals surface area contributed by atoms with Crippen LogP contribution in [-0.4, -0.2) is 74.2 Å². The van der Waals surface area contributed by atoms with Crippen LogP contribution in [0.1, 0.15) is 110 Å². The number of hydrogen-bond donors (Lipinski definition) is 1. The average molecular weight is 696 g/mol. The van der Waals surface area contributed by atoms with Gasteiger partial charge in [0.05, 0.1) is 39.6 Å². The summed E-state index contributed by atoms with van der Waals surface area (Å²) in [6.45, 7) is 15.6. The average Bonchev–Trinajstić information content (AvgIpc) is 3.12. The number of nitrogens with one attached hydrogen (secondary N) is 1. The van der Waals surface area contributed by atoms with Gasteiger partial charge in [-0.05, 0) is 36.1 Å². The van der Waals surface area contributed by atoms with Gasteiger partial charge in [0.25, 0.3) is 5.91 Å². The van der Waals surface area contributed by atoms with E-state index in [2.05, 4.69) is 5.32 Å². The molecule has 2 aromatic rings. The number of carbonyl (C=O) groups excluding carboxylic acids is 5. The van der Waals surface area contributed by atoms with Crippen molar-refractivity contribution in [1.82, 2.24) is 5.32 Å². The van der Waals surface area contributed by atoms with Crippen LogP contribution in [0.2, 0.25) is 0 Å². The van der Waals surface area contributed by atoms with E-state index in [0.29, 0.717) is 11.1 Å². The molecule has 1 amide bonds. The highest BCUT2D eigenvalue weighted by Crippen LogP contribution is 2.23. The maximum absolute atomic E-state index is 13.8. The first-order chi connectivity index (χ1) is 23.7. The first-order valence-corrected chi connectivity index (χ1v) is 18.1. The molecule has 0 saturated carbocycles. The molecule has 0 aromatic heterocycles. The lowest BCUT2D eigenvalue weighted by Gasteiger charge is -2.34. The van der Waals surface area contributed by atoms with Crippen molar-refractivity contribution in [1.29, 1.82) is 0 Å². The molecule has 0 radical (unpaired) electrons. The topological polar surface area (TPSA) is 125 Å². The van der Waals surface area contributed by atoms with Gasteiger partial charge in [-0.25, -0.2) is 0 Å². The van der Waals surface area contributed by atoms with Crippen molar-refractivity contribution < 1.29 is 39.6 Å². The van der Waals surface area contributed by atoms with E-state index in [0.717, 1.165) is 24.0 Å². The van der Waals surface area contributed by atoms with Crippen LogP contribution in [0.4, 0.5) is 0 Å². The molecule has 278 valence electrons. The summed E-state index contributed by atoms with van der Waals surface area (Å²) in [5.41, 5.74) is 1.71. The SMILES string of the molecule is CCC(C)C(=O)CCOCC(COCCC(=O)C(C)C)(COCCC(=O)C(C)C)NC(=O)c1ccc(-c2ccc(C(=O)C(C)CC)cc2)cc1.[HH]. The van der Waals surface area contributed by atoms with Gasteiger partial charge >= 0.3 is 0 Å². The maximum Gasteiger partial charge on any atom is 0.251 e. The monoisotopic (exact) mass is 695 g/mol. The number of carbonyl (C=O) groups is 5. The Kier molecular flexibility index (Phi) is 18.4. The molecule has 0 saturated heterocycles. The third-order valence-corrected chi connectivity index (χ3v) is 9.15. The van der Waals surface area contributed by atoms with Gasteiger partial charge in [-0.1, -0.05) is 91.8 Å². The summed E-state index contributed by atoms with van der Waals surface area (Å²) in [5.74, 6) is -0.371. The molecule has 2 unspecified atom stereocenters. The Bertz CT molecular complexity index is 1360. The Morgan fingerprint density at radius 3 is 1.34 bits per heavy atom. The van der Waals surface area contributed by atoms with Crippen molar-refractivity contribution in [3.8, 4) is 11.1 Å². The van der Waals surface area contributed by atoms with Crippen LogP contribution in [0, 0.1) is 23.7 Å². The van der Waals surface area contributed by atoms with Crippen LogP contribution >= 0.6 is 0 Å². The van der Waals surface area contributed by atoms with E-state index in [1.54, 1.807) is 12.1 Å². The second-order valence-corrected chi connectivity index (χ2v) is 14.0. The predicted molar refractivity (Wildman–Crippen MR) is 198 cm³/mol. The van der Waals surface area contributed by atoms with Gasteiger partial charge < -0.3 is 19.5 Å². The molecule has 0 bridgehead atoms. The fraction of sp³-hybridized carbons (Fsp3) is 0.585. The number of benzene rings is 2. The zero-order valence-corrected chi connectivity index (χ0v) is 31.5. The Morgan fingerprint density at radius 1 is 0.580 bits per heavy atom. The standard InChI is InChI=1S/C41H59NO8.H2/c1-9-30(7)38(45)21-24-50-27-41(25-48-22-19-36(43)28(3)4,26-49-23-20-37(44)29(5)6)42-40(47)35-17-13-33(14-18-35)32-11-15-34(16-12-32)39(46)31(8)10-2;/h11-18,28-31H,9-10,19-27H2,1-8H3,(H,42,47);1H. The summed E-state index contributed by atoms with van der Waals surface area (Å²) >= 11 is 0. The number of rotatable bonds is 25. The Hall–Kier alpha value is -3.53. The second kappa shape index (κ2) is 21.6. The van der Waals surface area contributed by atoms with Crippen LogP contribution < -0.4 is 5.32 Å². The zero-order valence-electron chi connectivity index (χ0n) is 31.5. The van der Waals surface area contributed by atoms with Crippen molar-refractivity contribution in [3.63, 3.8) is 0 Å². The van der Waals surface area contributed by atoms with Gasteiger partial charge in [-0.2, -0.15) is 0 Å². The molecule has 2 rings (SSSR count). The molecule has 9 heteroatoms. The van der Waals surface area contributed by atoms with Gasteiger partial charge in [-0.15, -0.1) is 0 Å². The van der Waals surface area contributed by atoms with E-state index in [-0.39, 0.29) is 113 Å². The third kappa shape index (κ3) is 14.0. The third-order valence-electron chi connectivity index (χ3n) is 9.15. The predicted octanol–water partition coefficient (Wildman–Crippen LogP) is 7.58. The second-order valence-electron chi connectivity index (χ2n) is 14.0. The van der Waals surface area contributed by atoms with Crippen molar-refractivity contribution in [2.24, 2.45) is 23.7 Å². The van der Waals surface area contributed by atoms with E-state index in [4.69, 9.17) is 14.2 Å². The molecule has 0 aliphatic rings. The minimum atomic E-state index is -1.17. The first-order valence-electron chi connectivity index (χ1n) is 18.1. The summed E-state index contributed by atoms with van der Waals surface area (Å²) in [6.07, 6.45) is 2.21. The summed E-state index contributed by atoms with van der Waals surface area (Å²) in [5, 5.41) is 3.08. The molecule has 0 fully saturated rings. The van der Waals surface area contributed by atoms with Crippen LogP contribution in [0.25, 0.3) is 11.1 Å². The van der Waals surface area contributed by atoms with Crippen molar-refractivity contribution in [2.75, 3.05) is 39.6 Å². The molecule has 1 N–H and O–H groups in total. The number of ketones is 4. The highest BCUT2D eigenvalue weighted by atomic mass is 16.5. The van der Waals surface area contributed by atoms with Crippen LogP contribution in [-0.2, 0) is 28.6 Å². The van der Waals surface area contributed by atoms with E-state index >= 15 is 0 Å². The molecule has 0 aliphatic carbocycles. The summed E-state index contributed by atoms with van der Waals surface area (Å²) in [6, 6.07) is 14.6. The van der Waals surface area contributed by atoms with Gasteiger partial charge in [0.1, 0.15) is 22.9 Å². The Labute approximate surface area is 300 Å². The van der Waals surface area contributed by atoms with Gasteiger partial charge in [-0.3, -0.25) is 24.0 Å². The van der Waals surface area contributed by atoms with Gasteiger partial charge in [0, 0.05) is 55.5 Å². The van der Waals surface area contributed by atoms with E-state index in [1.807, 2.05) is 91.8 Å². The minimum absolute atomic E-state index is 0. The quantitative estimate of drug-likeness (QED) is 0.0833. The Morgan fingerprint density at radius 2 is 0.960 bits per heavy atom. The largest absolute Gasteiger partial charge is 0.378 e. The van der Waals surface area contributed by atoms with Crippen molar-refractivity contribution in [2.45, 2.75) is 93.0 Å². The molecule has 0 heterocycles. The number of Topliss-reactive ketones (excluding diaryl/α,β-unsaturated/α-hetero) is 4. The summed E-state index contributed by atoms with van der Waals surface area (Å²) in [4.78, 5) is 63.3. The zero-order chi connectivity index (χ0) is 37.3. The van der Waals surface area contributed by atoms with Crippen LogP contribution in [0.3, 0.4) is 0 Å². The van der Waals surface area contributed by atoms with Crippen LogP contribution in [0.5, 0.6) is 0 Å². The maximum atomic E-state index is 13.8. The molecule has 0 spiro atoms. The molecule has 2 atom stereocenters. The lowest BCUT2D eigenvalue weighted by Crippen LogP contribution is -2.58. The highest BCUT2D eigenvalue weighted by molar-refractivity contribution is 5.98. The fourth-order valence-corrected chi connectivity index (χ4v) is 5.03. The molecule has 50 heavy (non-hydrogen) atoms. The molecule has 9 nitrogen and oxygen atoms in total. The molecule has 0 aliphatic heterocycles. The molecule has 2 aromatic carbocycles. The number of amides is 1. The Balaban J connectivity index is 0.0000130.